The fourth-order valence-electron chi connectivity index (χ4n) is 6.25. The lowest BCUT2D eigenvalue weighted by molar-refractivity contribution is 0.136. The average molecular weight is 406 g/mol. The van der Waals surface area contributed by atoms with Crippen molar-refractivity contribution in [2.24, 2.45) is 29.1 Å². The van der Waals surface area contributed by atoms with Crippen LogP contribution in [0.1, 0.15) is 32.1 Å². The Bertz CT molecular complexity index is 880. The Morgan fingerprint density at radius 2 is 1.97 bits per heavy atom. The van der Waals surface area contributed by atoms with Gasteiger partial charge in [-0.2, -0.15) is 0 Å². The zero-order valence-corrected chi connectivity index (χ0v) is 17.9. The quantitative estimate of drug-likeness (QED) is 0.640. The van der Waals surface area contributed by atoms with Crippen molar-refractivity contribution in [3.8, 4) is 10.4 Å². The Labute approximate surface area is 178 Å². The van der Waals surface area contributed by atoms with Crippen LogP contribution in [0.3, 0.4) is 0 Å². The highest BCUT2D eigenvalue weighted by atomic mass is 32.1. The first-order valence-corrected chi connectivity index (χ1v) is 12.2. The van der Waals surface area contributed by atoms with Gasteiger partial charge in [0.1, 0.15) is 0 Å². The molecule has 0 amide bonds. The van der Waals surface area contributed by atoms with Crippen molar-refractivity contribution < 1.29 is 0 Å². The molecule has 1 spiro atoms. The molecule has 2 bridgehead atoms. The fraction of sp³-hybridized carbons (Fsp3) is 0.560. The van der Waals surface area contributed by atoms with Crippen LogP contribution in [-0.4, -0.2) is 36.1 Å². The Kier molecular flexibility index (Phi) is 4.53. The first kappa shape index (κ1) is 18.1. The summed E-state index contributed by atoms with van der Waals surface area (Å²) in [7, 11) is 0. The molecular formula is C25H31N3S. The average Bonchev–Trinajstić information content (AvgIpc) is 3.19. The molecule has 0 radical (unpaired) electrons. The molecule has 1 aromatic carbocycles. The van der Waals surface area contributed by atoms with E-state index in [0.29, 0.717) is 5.41 Å². The van der Waals surface area contributed by atoms with Crippen molar-refractivity contribution in [3.63, 3.8) is 0 Å². The lowest BCUT2D eigenvalue weighted by Crippen LogP contribution is -2.39. The molecule has 4 aliphatic rings. The molecule has 6 rings (SSSR count). The van der Waals surface area contributed by atoms with E-state index in [2.05, 4.69) is 57.7 Å². The molecule has 1 saturated heterocycles. The van der Waals surface area contributed by atoms with Gasteiger partial charge in [-0.3, -0.25) is 0 Å². The van der Waals surface area contributed by atoms with Gasteiger partial charge < -0.3 is 10.2 Å². The molecule has 4 heteroatoms. The smallest absolute Gasteiger partial charge is 0.183 e. The number of thiazole rings is 1. The number of aromatic nitrogens is 1. The zero-order valence-electron chi connectivity index (χ0n) is 17.1. The summed E-state index contributed by atoms with van der Waals surface area (Å²) in [5.41, 5.74) is 1.90. The van der Waals surface area contributed by atoms with Gasteiger partial charge in [0.05, 0.1) is 4.88 Å². The summed E-state index contributed by atoms with van der Waals surface area (Å²) < 4.78 is 0. The van der Waals surface area contributed by atoms with Crippen LogP contribution in [-0.2, 0) is 0 Å². The molecular weight excluding hydrogens is 374 g/mol. The van der Waals surface area contributed by atoms with Crippen LogP contribution in [0.15, 0.2) is 48.7 Å². The van der Waals surface area contributed by atoms with E-state index < -0.39 is 0 Å². The van der Waals surface area contributed by atoms with Gasteiger partial charge in [0, 0.05) is 19.3 Å². The number of nitrogens with zero attached hydrogens (tertiary/aromatic N) is 2. The minimum absolute atomic E-state index is 0.637. The van der Waals surface area contributed by atoms with Gasteiger partial charge in [0.15, 0.2) is 5.13 Å². The second kappa shape index (κ2) is 7.24. The maximum atomic E-state index is 4.61. The number of anilines is 1. The first-order chi connectivity index (χ1) is 14.3. The van der Waals surface area contributed by atoms with Crippen LogP contribution in [0.4, 0.5) is 5.13 Å². The topological polar surface area (TPSA) is 28.2 Å². The normalized spacial score (nSPS) is 32.1. The number of rotatable bonds is 6. The van der Waals surface area contributed by atoms with E-state index in [4.69, 9.17) is 0 Å². The second-order valence-electron chi connectivity index (χ2n) is 9.88. The number of fused-ring (bicyclic) bond motifs is 2. The summed E-state index contributed by atoms with van der Waals surface area (Å²) in [6.45, 7) is 5.10. The molecule has 29 heavy (non-hydrogen) atoms. The second-order valence-corrected chi connectivity index (χ2v) is 10.9. The summed E-state index contributed by atoms with van der Waals surface area (Å²) in [6, 6.07) is 10.6. The molecule has 1 N–H and O–H groups in total. The SMILES string of the molecule is C1=CC2CC1CC2CN1CCC2(CC1)CC2CNc1ncc(-c2ccccc2)s1. The molecule has 2 aromatic rings. The Hall–Kier alpha value is -1.65. The zero-order chi connectivity index (χ0) is 19.3. The van der Waals surface area contributed by atoms with Crippen LogP contribution in [0.5, 0.6) is 0 Å². The molecule has 3 fully saturated rings. The number of piperidine rings is 1. The van der Waals surface area contributed by atoms with Crippen LogP contribution in [0.25, 0.3) is 10.4 Å². The monoisotopic (exact) mass is 405 g/mol. The van der Waals surface area contributed by atoms with E-state index in [0.717, 1.165) is 35.3 Å². The van der Waals surface area contributed by atoms with Gasteiger partial charge in [0.25, 0.3) is 0 Å². The highest BCUT2D eigenvalue weighted by Gasteiger charge is 2.54. The predicted octanol–water partition coefficient (Wildman–Crippen LogP) is 5.54. The molecule has 3 nitrogen and oxygen atoms in total. The molecule has 4 atom stereocenters. The highest BCUT2D eigenvalue weighted by molar-refractivity contribution is 7.18. The van der Waals surface area contributed by atoms with Gasteiger partial charge in [0.2, 0.25) is 0 Å². The minimum Gasteiger partial charge on any atom is -0.361 e. The van der Waals surface area contributed by atoms with Crippen molar-refractivity contribution in [2.45, 2.75) is 32.1 Å². The van der Waals surface area contributed by atoms with Crippen molar-refractivity contribution >= 4 is 16.5 Å². The van der Waals surface area contributed by atoms with Gasteiger partial charge in [-0.15, -0.1) is 0 Å². The molecule has 2 heterocycles. The molecule has 2 saturated carbocycles. The molecule has 4 unspecified atom stereocenters. The predicted molar refractivity (Wildman–Crippen MR) is 121 cm³/mol. The van der Waals surface area contributed by atoms with Crippen molar-refractivity contribution in [3.05, 3.63) is 48.7 Å². The maximum Gasteiger partial charge on any atom is 0.183 e. The van der Waals surface area contributed by atoms with Crippen LogP contribution in [0, 0.1) is 29.1 Å². The largest absolute Gasteiger partial charge is 0.361 e. The van der Waals surface area contributed by atoms with E-state index in [1.54, 1.807) is 11.3 Å². The number of hydrogen-bond acceptors (Lipinski definition) is 4. The van der Waals surface area contributed by atoms with Gasteiger partial charge >= 0.3 is 0 Å². The van der Waals surface area contributed by atoms with Gasteiger partial charge in [-0.1, -0.05) is 53.8 Å². The summed E-state index contributed by atoms with van der Waals surface area (Å²) in [5.74, 6) is 3.60. The number of nitrogens with one attached hydrogen (secondary N) is 1. The van der Waals surface area contributed by atoms with Crippen molar-refractivity contribution in [1.82, 2.24) is 9.88 Å². The van der Waals surface area contributed by atoms with E-state index in [1.165, 1.54) is 62.2 Å². The lowest BCUT2D eigenvalue weighted by atomic mass is 9.88. The van der Waals surface area contributed by atoms with Crippen molar-refractivity contribution in [1.29, 1.82) is 0 Å². The van der Waals surface area contributed by atoms with Crippen LogP contribution in [0.2, 0.25) is 0 Å². The van der Waals surface area contributed by atoms with Crippen LogP contribution < -0.4 is 5.32 Å². The minimum atomic E-state index is 0.637. The summed E-state index contributed by atoms with van der Waals surface area (Å²) >= 11 is 1.78. The van der Waals surface area contributed by atoms with E-state index in [9.17, 15) is 0 Å². The van der Waals surface area contributed by atoms with Gasteiger partial charge in [-0.25, -0.2) is 4.98 Å². The molecule has 152 valence electrons. The number of benzene rings is 1. The molecule has 3 aliphatic carbocycles. The summed E-state index contributed by atoms with van der Waals surface area (Å²) in [6.07, 6.45) is 14.1. The van der Waals surface area contributed by atoms with Crippen molar-refractivity contribution in [2.75, 3.05) is 31.5 Å². The summed E-state index contributed by atoms with van der Waals surface area (Å²) in [4.78, 5) is 8.64. The first-order valence-electron chi connectivity index (χ1n) is 11.4. The number of likely N-dealkylation sites (tertiary alicyclic amines) is 1. The molecule has 1 aromatic heterocycles. The lowest BCUT2D eigenvalue weighted by Gasteiger charge is -2.35. The third kappa shape index (κ3) is 3.55. The van der Waals surface area contributed by atoms with Gasteiger partial charge in [-0.05, 0) is 79.8 Å². The standard InChI is InChI=1S/C25H31N3S/c1-2-4-19(5-3-1)23-16-27-24(29-23)26-15-22-14-25(22)8-10-28(11-9-25)17-21-13-18-6-7-20(21)12-18/h1-7,16,18,20-22H,8-15,17H2,(H,26,27). The third-order valence-electron chi connectivity index (χ3n) is 8.18. The summed E-state index contributed by atoms with van der Waals surface area (Å²) in [5, 5.41) is 4.72. The highest BCUT2D eigenvalue weighted by Crippen LogP contribution is 2.59. The Balaban J connectivity index is 0.977. The maximum absolute atomic E-state index is 4.61. The van der Waals surface area contributed by atoms with Crippen LogP contribution >= 0.6 is 11.3 Å². The molecule has 1 aliphatic heterocycles. The van der Waals surface area contributed by atoms with E-state index in [-0.39, 0.29) is 0 Å². The Morgan fingerprint density at radius 1 is 1.10 bits per heavy atom. The van der Waals surface area contributed by atoms with E-state index in [1.807, 2.05) is 6.20 Å². The number of allylic oxidation sites excluding steroid dienone is 2. The van der Waals surface area contributed by atoms with E-state index >= 15 is 0 Å². The Morgan fingerprint density at radius 3 is 2.72 bits per heavy atom. The number of hydrogen-bond donors (Lipinski definition) is 1. The fourth-order valence-corrected chi connectivity index (χ4v) is 7.08. The third-order valence-corrected chi connectivity index (χ3v) is 9.19.